The van der Waals surface area contributed by atoms with E-state index in [1.54, 1.807) is 12.1 Å². The number of thioether (sulfide) groups is 1. The summed E-state index contributed by atoms with van der Waals surface area (Å²) in [5.74, 6) is 1.05. The molecule has 0 amide bonds. The first kappa shape index (κ1) is 11.4. The van der Waals surface area contributed by atoms with Gasteiger partial charge in [0.25, 0.3) is 5.69 Å². The average molecular weight is 238 g/mol. The number of nitrogens with one attached hydrogen (secondary N) is 1. The van der Waals surface area contributed by atoms with E-state index in [4.69, 9.17) is 0 Å². The second-order valence-corrected chi connectivity index (χ2v) is 5.66. The van der Waals surface area contributed by atoms with Crippen molar-refractivity contribution in [1.29, 1.82) is 0 Å². The first-order chi connectivity index (χ1) is 7.48. The summed E-state index contributed by atoms with van der Waals surface area (Å²) >= 11 is 1.84. The Morgan fingerprint density at radius 1 is 1.44 bits per heavy atom. The van der Waals surface area contributed by atoms with Gasteiger partial charge >= 0.3 is 0 Å². The van der Waals surface area contributed by atoms with E-state index in [1.165, 1.54) is 0 Å². The van der Waals surface area contributed by atoms with E-state index in [-0.39, 0.29) is 21.5 Å². The van der Waals surface area contributed by atoms with Gasteiger partial charge in [-0.05, 0) is 31.5 Å². The van der Waals surface area contributed by atoms with Crippen LogP contribution in [0.2, 0.25) is 0 Å². The summed E-state index contributed by atoms with van der Waals surface area (Å²) in [5, 5.41) is 14.3. The number of hydrogen-bond acceptors (Lipinski definition) is 4. The summed E-state index contributed by atoms with van der Waals surface area (Å²) in [6, 6.07) is 6.76. The Morgan fingerprint density at radius 3 is 2.50 bits per heavy atom. The van der Waals surface area contributed by atoms with Gasteiger partial charge in [0.05, 0.1) is 10.3 Å². The molecule has 0 spiro atoms. The standard InChI is InChI=1S/C11H14N2O2S/c1-11(2)7-16-10(12-11)8-3-5-9(6-4-8)13(14)15/h3-6,10,12H,7H2,1-2H3. The van der Waals surface area contributed by atoms with Crippen LogP contribution >= 0.6 is 11.8 Å². The molecule has 2 rings (SSSR count). The highest BCUT2D eigenvalue weighted by molar-refractivity contribution is 7.99. The van der Waals surface area contributed by atoms with E-state index in [0.29, 0.717) is 0 Å². The highest BCUT2D eigenvalue weighted by Gasteiger charge is 2.31. The topological polar surface area (TPSA) is 55.2 Å². The van der Waals surface area contributed by atoms with Crippen LogP contribution in [-0.4, -0.2) is 16.2 Å². The number of nitrogens with zero attached hydrogens (tertiary/aromatic N) is 1. The summed E-state index contributed by atoms with van der Waals surface area (Å²) in [6.07, 6.45) is 0. The molecule has 86 valence electrons. The Balaban J connectivity index is 2.14. The van der Waals surface area contributed by atoms with Crippen molar-refractivity contribution in [2.75, 3.05) is 5.75 Å². The highest BCUT2D eigenvalue weighted by Crippen LogP contribution is 2.37. The minimum Gasteiger partial charge on any atom is -0.296 e. The van der Waals surface area contributed by atoms with Gasteiger partial charge in [0.1, 0.15) is 0 Å². The van der Waals surface area contributed by atoms with Gasteiger partial charge in [-0.25, -0.2) is 0 Å². The first-order valence-electron chi connectivity index (χ1n) is 5.12. The molecule has 5 heteroatoms. The third-order valence-electron chi connectivity index (χ3n) is 2.54. The Labute approximate surface area is 98.6 Å². The summed E-state index contributed by atoms with van der Waals surface area (Å²) < 4.78 is 0. The van der Waals surface area contributed by atoms with E-state index in [1.807, 2.05) is 23.9 Å². The fourth-order valence-electron chi connectivity index (χ4n) is 1.68. The fraction of sp³-hybridized carbons (Fsp3) is 0.455. The Bertz CT molecular complexity index is 403. The minimum atomic E-state index is -0.372. The molecule has 1 heterocycles. The van der Waals surface area contributed by atoms with Crippen LogP contribution in [0.4, 0.5) is 5.69 Å². The summed E-state index contributed by atoms with van der Waals surface area (Å²) in [6.45, 7) is 4.32. The van der Waals surface area contributed by atoms with E-state index in [2.05, 4.69) is 19.2 Å². The number of nitro benzene ring substituents is 1. The van der Waals surface area contributed by atoms with Crippen molar-refractivity contribution in [2.24, 2.45) is 0 Å². The highest BCUT2D eigenvalue weighted by atomic mass is 32.2. The maximum Gasteiger partial charge on any atom is 0.269 e. The molecule has 0 saturated carbocycles. The third kappa shape index (κ3) is 2.36. The summed E-state index contributed by atoms with van der Waals surface area (Å²) in [4.78, 5) is 10.1. The van der Waals surface area contributed by atoms with Crippen molar-refractivity contribution in [1.82, 2.24) is 5.32 Å². The molecule has 1 N–H and O–H groups in total. The monoisotopic (exact) mass is 238 g/mol. The van der Waals surface area contributed by atoms with Crippen molar-refractivity contribution < 1.29 is 4.92 Å². The van der Waals surface area contributed by atoms with Crippen molar-refractivity contribution in [3.05, 3.63) is 39.9 Å². The molecular formula is C11H14N2O2S. The molecule has 0 radical (unpaired) electrons. The molecule has 1 atom stereocenters. The molecule has 0 aromatic heterocycles. The Morgan fingerprint density at radius 2 is 2.06 bits per heavy atom. The zero-order valence-corrected chi connectivity index (χ0v) is 10.1. The smallest absolute Gasteiger partial charge is 0.269 e. The molecule has 1 unspecified atom stereocenters. The van der Waals surface area contributed by atoms with E-state index in [0.717, 1.165) is 11.3 Å². The predicted molar refractivity (Wildman–Crippen MR) is 65.5 cm³/mol. The van der Waals surface area contributed by atoms with Crippen LogP contribution < -0.4 is 5.32 Å². The molecule has 0 bridgehead atoms. The summed E-state index contributed by atoms with van der Waals surface area (Å²) in [5.41, 5.74) is 1.38. The zero-order chi connectivity index (χ0) is 11.8. The third-order valence-corrected chi connectivity index (χ3v) is 4.15. The second kappa shape index (κ2) is 4.07. The number of hydrogen-bond donors (Lipinski definition) is 1. The van der Waals surface area contributed by atoms with E-state index >= 15 is 0 Å². The normalized spacial score (nSPS) is 23.2. The lowest BCUT2D eigenvalue weighted by molar-refractivity contribution is -0.384. The lowest BCUT2D eigenvalue weighted by atomic mass is 10.1. The molecule has 1 aromatic carbocycles. The van der Waals surface area contributed by atoms with Crippen molar-refractivity contribution in [2.45, 2.75) is 24.8 Å². The Kier molecular flexibility index (Phi) is 2.90. The molecule has 1 fully saturated rings. The van der Waals surface area contributed by atoms with Gasteiger partial charge in [-0.15, -0.1) is 11.8 Å². The number of rotatable bonds is 2. The molecule has 16 heavy (non-hydrogen) atoms. The predicted octanol–water partition coefficient (Wildman–Crippen LogP) is 2.71. The molecule has 1 aliphatic heterocycles. The SMILES string of the molecule is CC1(C)CSC(c2ccc([N+](=O)[O-])cc2)N1. The largest absolute Gasteiger partial charge is 0.296 e. The molecule has 1 aromatic rings. The average Bonchev–Trinajstić information content (AvgIpc) is 2.59. The van der Waals surface area contributed by atoms with Crippen molar-refractivity contribution in [3.63, 3.8) is 0 Å². The van der Waals surface area contributed by atoms with Crippen LogP contribution in [0.3, 0.4) is 0 Å². The first-order valence-corrected chi connectivity index (χ1v) is 6.16. The van der Waals surface area contributed by atoms with E-state index in [9.17, 15) is 10.1 Å². The van der Waals surface area contributed by atoms with Gasteiger partial charge in [-0.2, -0.15) is 0 Å². The van der Waals surface area contributed by atoms with Crippen LogP contribution in [0.1, 0.15) is 24.8 Å². The van der Waals surface area contributed by atoms with Crippen LogP contribution in [0.15, 0.2) is 24.3 Å². The van der Waals surface area contributed by atoms with Crippen LogP contribution in [0.5, 0.6) is 0 Å². The van der Waals surface area contributed by atoms with Crippen LogP contribution in [-0.2, 0) is 0 Å². The maximum absolute atomic E-state index is 10.5. The van der Waals surface area contributed by atoms with Crippen LogP contribution in [0, 0.1) is 10.1 Å². The zero-order valence-electron chi connectivity index (χ0n) is 9.27. The fourth-order valence-corrected chi connectivity index (χ4v) is 3.10. The molecule has 1 aliphatic rings. The minimum absolute atomic E-state index is 0.136. The van der Waals surface area contributed by atoms with Gasteiger partial charge in [0.2, 0.25) is 0 Å². The molecule has 4 nitrogen and oxygen atoms in total. The maximum atomic E-state index is 10.5. The quantitative estimate of drug-likeness (QED) is 0.635. The van der Waals surface area contributed by atoms with E-state index < -0.39 is 0 Å². The van der Waals surface area contributed by atoms with Gasteiger partial charge < -0.3 is 0 Å². The molecule has 0 aliphatic carbocycles. The Hall–Kier alpha value is -1.07. The van der Waals surface area contributed by atoms with Crippen LogP contribution in [0.25, 0.3) is 0 Å². The van der Waals surface area contributed by atoms with Crippen molar-refractivity contribution in [3.8, 4) is 0 Å². The molecular weight excluding hydrogens is 224 g/mol. The number of nitro groups is 1. The number of non-ortho nitro benzene ring substituents is 1. The second-order valence-electron chi connectivity index (χ2n) is 4.57. The van der Waals surface area contributed by atoms with Gasteiger partial charge in [0.15, 0.2) is 0 Å². The summed E-state index contributed by atoms with van der Waals surface area (Å²) in [7, 11) is 0. The number of benzene rings is 1. The molecule has 1 saturated heterocycles. The lowest BCUT2D eigenvalue weighted by Crippen LogP contribution is -2.35. The van der Waals surface area contributed by atoms with Gasteiger partial charge in [0, 0.05) is 23.4 Å². The van der Waals surface area contributed by atoms with Gasteiger partial charge in [-0.3, -0.25) is 15.4 Å². The lowest BCUT2D eigenvalue weighted by Gasteiger charge is -2.18. The van der Waals surface area contributed by atoms with Gasteiger partial charge in [-0.1, -0.05) is 0 Å². The van der Waals surface area contributed by atoms with Crippen molar-refractivity contribution >= 4 is 17.4 Å².